The number of ether oxygens (including phenoxy) is 2. The highest BCUT2D eigenvalue weighted by Gasteiger charge is 2.18. The lowest BCUT2D eigenvalue weighted by molar-refractivity contribution is 0.415. The number of rotatable bonds is 5. The van der Waals surface area contributed by atoms with Gasteiger partial charge >= 0.3 is 0 Å². The van der Waals surface area contributed by atoms with Crippen molar-refractivity contribution in [2.75, 3.05) is 14.2 Å². The highest BCUT2D eigenvalue weighted by molar-refractivity contribution is 7.89. The smallest absolute Gasteiger partial charge is 0.238 e. The molecular weight excluding hydrogens is 392 g/mol. The maximum atomic E-state index is 11.8. The predicted molar refractivity (Wildman–Crippen MR) is 108 cm³/mol. The Hall–Kier alpha value is -3.43. The van der Waals surface area contributed by atoms with E-state index < -0.39 is 10.0 Å². The molecule has 0 aliphatic rings. The zero-order chi connectivity index (χ0) is 20.6. The van der Waals surface area contributed by atoms with Crippen LogP contribution in [0.4, 0.5) is 0 Å². The van der Waals surface area contributed by atoms with E-state index in [-0.39, 0.29) is 4.90 Å². The molecule has 0 unspecified atom stereocenters. The maximum Gasteiger partial charge on any atom is 0.238 e. The summed E-state index contributed by atoms with van der Waals surface area (Å²) in [6, 6.07) is 15.8. The summed E-state index contributed by atoms with van der Waals surface area (Å²) in [6.07, 6.45) is 1.88. The van der Waals surface area contributed by atoms with Crippen LogP contribution in [0.1, 0.15) is 0 Å². The second-order valence-electron chi connectivity index (χ2n) is 6.31. The molecule has 2 aromatic carbocycles. The summed E-state index contributed by atoms with van der Waals surface area (Å²) in [5.41, 5.74) is 3.00. The van der Waals surface area contributed by atoms with Crippen molar-refractivity contribution in [1.82, 2.24) is 14.6 Å². The van der Waals surface area contributed by atoms with Gasteiger partial charge in [-0.15, -0.1) is 10.2 Å². The van der Waals surface area contributed by atoms with Gasteiger partial charge in [-0.25, -0.2) is 13.6 Å². The number of hydrogen-bond donors (Lipinski definition) is 1. The fourth-order valence-corrected chi connectivity index (χ4v) is 3.61. The van der Waals surface area contributed by atoms with Crippen LogP contribution in [0.5, 0.6) is 11.5 Å². The average molecular weight is 410 g/mol. The number of sulfonamides is 1. The van der Waals surface area contributed by atoms with Crippen molar-refractivity contribution >= 4 is 15.7 Å². The Bertz CT molecular complexity index is 1300. The molecular formula is C20H18N4O4S. The molecule has 0 aliphatic carbocycles. The van der Waals surface area contributed by atoms with Gasteiger partial charge in [0.05, 0.1) is 24.7 Å². The summed E-state index contributed by atoms with van der Waals surface area (Å²) in [7, 11) is -0.757. The maximum absolute atomic E-state index is 11.8. The minimum Gasteiger partial charge on any atom is -0.497 e. The number of pyridine rings is 1. The molecule has 4 aromatic rings. The Morgan fingerprint density at radius 2 is 1.62 bits per heavy atom. The van der Waals surface area contributed by atoms with Gasteiger partial charge in [0, 0.05) is 6.20 Å². The van der Waals surface area contributed by atoms with E-state index in [1.54, 1.807) is 17.6 Å². The van der Waals surface area contributed by atoms with Crippen LogP contribution in [0.25, 0.3) is 28.2 Å². The van der Waals surface area contributed by atoms with Crippen molar-refractivity contribution < 1.29 is 17.9 Å². The Labute approximate surface area is 167 Å². The Morgan fingerprint density at radius 1 is 0.897 bits per heavy atom. The zero-order valence-electron chi connectivity index (χ0n) is 15.7. The molecule has 0 saturated carbocycles. The van der Waals surface area contributed by atoms with E-state index in [0.29, 0.717) is 22.8 Å². The van der Waals surface area contributed by atoms with Gasteiger partial charge in [-0.2, -0.15) is 0 Å². The number of nitrogens with two attached hydrogens (primary N) is 1. The first-order valence-corrected chi connectivity index (χ1v) is 10.2. The molecule has 2 heterocycles. The summed E-state index contributed by atoms with van der Waals surface area (Å²) < 4.78 is 36.0. The normalized spacial score (nSPS) is 11.6. The van der Waals surface area contributed by atoms with Gasteiger partial charge in [0.15, 0.2) is 11.5 Å². The van der Waals surface area contributed by atoms with E-state index in [0.717, 1.165) is 16.9 Å². The van der Waals surface area contributed by atoms with Crippen LogP contribution in [-0.2, 0) is 10.0 Å². The lowest BCUT2D eigenvalue weighted by atomic mass is 10.1. The average Bonchev–Trinajstić information content (AvgIpc) is 3.15. The third-order valence-electron chi connectivity index (χ3n) is 4.57. The molecule has 0 bridgehead atoms. The summed E-state index contributed by atoms with van der Waals surface area (Å²) in [6.45, 7) is 0. The molecule has 0 amide bonds. The number of nitrogens with zero attached hydrogens (tertiary/aromatic N) is 3. The number of primary sulfonamides is 1. The Kier molecular flexibility index (Phi) is 4.69. The first kappa shape index (κ1) is 18.9. The molecule has 0 saturated heterocycles. The topological polar surface area (TPSA) is 109 Å². The van der Waals surface area contributed by atoms with Gasteiger partial charge in [-0.05, 0) is 53.6 Å². The van der Waals surface area contributed by atoms with Gasteiger partial charge < -0.3 is 9.47 Å². The molecule has 0 radical (unpaired) electrons. The molecule has 148 valence electrons. The Morgan fingerprint density at radius 3 is 2.28 bits per heavy atom. The van der Waals surface area contributed by atoms with Crippen molar-refractivity contribution in [2.45, 2.75) is 4.90 Å². The van der Waals surface area contributed by atoms with Gasteiger partial charge in [-0.3, -0.25) is 4.40 Å². The SMILES string of the molecule is COc1ccc(-c2ccc3nnc(-c4cc(S(N)(=O)=O)ccc4OC)n3c2)cc1. The molecule has 0 atom stereocenters. The quantitative estimate of drug-likeness (QED) is 0.542. The van der Waals surface area contributed by atoms with E-state index in [2.05, 4.69) is 10.2 Å². The second-order valence-corrected chi connectivity index (χ2v) is 7.87. The van der Waals surface area contributed by atoms with Crippen molar-refractivity contribution in [2.24, 2.45) is 5.14 Å². The highest BCUT2D eigenvalue weighted by Crippen LogP contribution is 2.32. The van der Waals surface area contributed by atoms with E-state index in [1.807, 2.05) is 42.6 Å². The van der Waals surface area contributed by atoms with Crippen molar-refractivity contribution in [3.8, 4) is 34.0 Å². The predicted octanol–water partition coefficient (Wildman–Crippen LogP) is 2.73. The first-order valence-electron chi connectivity index (χ1n) is 8.61. The molecule has 0 fully saturated rings. The van der Waals surface area contributed by atoms with Crippen molar-refractivity contribution in [1.29, 1.82) is 0 Å². The van der Waals surface area contributed by atoms with Gasteiger partial charge in [0.25, 0.3) is 0 Å². The minimum absolute atomic E-state index is 0.0311. The second kappa shape index (κ2) is 7.19. The molecule has 0 spiro atoms. The number of benzene rings is 2. The zero-order valence-corrected chi connectivity index (χ0v) is 16.6. The fourth-order valence-electron chi connectivity index (χ4n) is 3.07. The summed E-state index contributed by atoms with van der Waals surface area (Å²) in [4.78, 5) is -0.0311. The van der Waals surface area contributed by atoms with Crippen LogP contribution in [0.15, 0.2) is 65.7 Å². The summed E-state index contributed by atoms with van der Waals surface area (Å²) in [5.74, 6) is 1.67. The van der Waals surface area contributed by atoms with E-state index in [4.69, 9.17) is 14.6 Å². The van der Waals surface area contributed by atoms with Crippen LogP contribution in [0, 0.1) is 0 Å². The van der Waals surface area contributed by atoms with Crippen molar-refractivity contribution in [3.63, 3.8) is 0 Å². The van der Waals surface area contributed by atoms with E-state index in [1.165, 1.54) is 19.2 Å². The van der Waals surface area contributed by atoms with Gasteiger partial charge in [-0.1, -0.05) is 12.1 Å². The number of fused-ring (bicyclic) bond motifs is 1. The number of methoxy groups -OCH3 is 2. The Balaban J connectivity index is 1.89. The highest BCUT2D eigenvalue weighted by atomic mass is 32.2. The van der Waals surface area contributed by atoms with Crippen LogP contribution >= 0.6 is 0 Å². The minimum atomic E-state index is -3.88. The molecule has 29 heavy (non-hydrogen) atoms. The summed E-state index contributed by atoms with van der Waals surface area (Å²) >= 11 is 0. The molecule has 2 aromatic heterocycles. The third kappa shape index (κ3) is 3.53. The first-order chi connectivity index (χ1) is 13.9. The molecule has 0 aliphatic heterocycles. The van der Waals surface area contributed by atoms with Crippen LogP contribution < -0.4 is 14.6 Å². The largest absolute Gasteiger partial charge is 0.497 e. The van der Waals surface area contributed by atoms with E-state index >= 15 is 0 Å². The van der Waals surface area contributed by atoms with Gasteiger partial charge in [0.1, 0.15) is 11.5 Å². The monoisotopic (exact) mass is 410 g/mol. The molecule has 4 rings (SSSR count). The van der Waals surface area contributed by atoms with Crippen molar-refractivity contribution in [3.05, 3.63) is 60.8 Å². The van der Waals surface area contributed by atoms with Crippen LogP contribution in [0.2, 0.25) is 0 Å². The molecule has 9 heteroatoms. The fraction of sp³-hybridized carbons (Fsp3) is 0.100. The summed E-state index contributed by atoms with van der Waals surface area (Å²) in [5, 5.41) is 13.7. The third-order valence-corrected chi connectivity index (χ3v) is 5.48. The lowest BCUT2D eigenvalue weighted by Crippen LogP contribution is -2.12. The number of hydrogen-bond acceptors (Lipinski definition) is 6. The van der Waals surface area contributed by atoms with Crippen LogP contribution in [-0.4, -0.2) is 37.2 Å². The molecule has 2 N–H and O–H groups in total. The molecule has 8 nitrogen and oxygen atoms in total. The standard InChI is InChI=1S/C20H18N4O4S/c1-27-15-6-3-13(4-7-15)14-5-10-19-22-23-20(24(19)12-14)17-11-16(29(21,25)26)8-9-18(17)28-2/h3-12H,1-2H3,(H2,21,25,26). The van der Waals surface area contributed by atoms with Gasteiger partial charge in [0.2, 0.25) is 10.0 Å². The number of aromatic nitrogens is 3. The van der Waals surface area contributed by atoms with Crippen LogP contribution in [0.3, 0.4) is 0 Å². The van der Waals surface area contributed by atoms with E-state index in [9.17, 15) is 8.42 Å². The lowest BCUT2D eigenvalue weighted by Gasteiger charge is -2.10.